The number of carboxylic acids is 1. The van der Waals surface area contributed by atoms with Crippen LogP contribution in [0.2, 0.25) is 0 Å². The van der Waals surface area contributed by atoms with Crippen LogP contribution in [0, 0.1) is 0 Å². The lowest BCUT2D eigenvalue weighted by Gasteiger charge is -2.38. The molecule has 41 heavy (non-hydrogen) atoms. The van der Waals surface area contributed by atoms with E-state index in [1.54, 1.807) is 6.92 Å². The van der Waals surface area contributed by atoms with Crippen LogP contribution in [0.3, 0.4) is 0 Å². The van der Waals surface area contributed by atoms with Crippen LogP contribution in [-0.2, 0) is 20.9 Å². The number of nitrogens with zero attached hydrogens (tertiary/aromatic N) is 3. The van der Waals surface area contributed by atoms with Gasteiger partial charge in [0.15, 0.2) is 11.9 Å². The second-order valence-electron chi connectivity index (χ2n) is 8.96. The first kappa shape index (κ1) is 29.7. The minimum absolute atomic E-state index is 0.0701. The summed E-state index contributed by atoms with van der Waals surface area (Å²) in [5, 5.41) is 49.3. The maximum absolute atomic E-state index is 13.0. The molecule has 0 saturated carbocycles. The van der Waals surface area contributed by atoms with Gasteiger partial charge in [0, 0.05) is 0 Å². The van der Waals surface area contributed by atoms with E-state index in [1.165, 1.54) is 30.3 Å². The summed E-state index contributed by atoms with van der Waals surface area (Å²) in [6.45, 7) is 1.00. The summed E-state index contributed by atoms with van der Waals surface area (Å²) in [6, 6.07) is 8.22. The number of aliphatic hydroxyl groups is 3. The average molecular weight is 584 g/mol. The molecule has 220 valence electrons. The maximum atomic E-state index is 13.0. The van der Waals surface area contributed by atoms with Gasteiger partial charge in [-0.25, -0.2) is 9.48 Å². The van der Waals surface area contributed by atoms with Crippen molar-refractivity contribution >= 4 is 22.8 Å². The number of aliphatic hydroxyl groups excluding tert-OH is 3. The number of carboxylic acid groups (broad SMARTS) is 1. The summed E-state index contributed by atoms with van der Waals surface area (Å²) in [5.74, 6) is -2.88. The number of fused-ring (bicyclic) bond motifs is 1. The Morgan fingerprint density at radius 3 is 2.41 bits per heavy atom. The number of aromatic nitrogens is 3. The number of hydrogen-bond acceptors (Lipinski definition) is 11. The molecule has 2 aromatic carbocycles. The van der Waals surface area contributed by atoms with Crippen LogP contribution < -0.4 is 20.3 Å². The number of carbonyl (C=O) groups excluding carboxylic acids is 1. The van der Waals surface area contributed by atoms with Gasteiger partial charge in [0.25, 0.3) is 5.56 Å². The first-order chi connectivity index (χ1) is 19.2. The molecule has 4 rings (SSSR count). The Morgan fingerprint density at radius 1 is 1.10 bits per heavy atom. The molecule has 0 unspecified atom stereocenters. The molecule has 0 bridgehead atoms. The number of alkyl halides is 3. The van der Waals surface area contributed by atoms with Gasteiger partial charge in [-0.2, -0.15) is 0 Å². The molecule has 3 aromatic rings. The first-order valence-electron chi connectivity index (χ1n) is 11.9. The van der Waals surface area contributed by atoms with Crippen LogP contribution in [0.1, 0.15) is 18.5 Å². The maximum Gasteiger partial charge on any atom is 0.573 e. The van der Waals surface area contributed by atoms with Crippen LogP contribution in [-0.4, -0.2) is 84.4 Å². The number of carbonyl (C=O) groups is 2. The number of benzene rings is 2. The predicted molar refractivity (Wildman–Crippen MR) is 128 cm³/mol. The number of nitrogens with one attached hydrogen (secondary N) is 1. The molecule has 14 nitrogen and oxygen atoms in total. The van der Waals surface area contributed by atoms with Crippen LogP contribution in [0.15, 0.2) is 47.3 Å². The molecule has 1 aromatic heterocycles. The van der Waals surface area contributed by atoms with E-state index in [4.69, 9.17) is 9.47 Å². The molecule has 1 aliphatic heterocycles. The lowest BCUT2D eigenvalue weighted by molar-refractivity contribution is -0.274. The molecular formula is C24H23F3N4O10. The second kappa shape index (κ2) is 11.7. The van der Waals surface area contributed by atoms with Crippen molar-refractivity contribution < 1.29 is 57.4 Å². The van der Waals surface area contributed by atoms with Gasteiger partial charge in [0.1, 0.15) is 36.1 Å². The van der Waals surface area contributed by atoms with Crippen molar-refractivity contribution in [3.05, 3.63) is 58.4 Å². The van der Waals surface area contributed by atoms with E-state index >= 15 is 0 Å². The van der Waals surface area contributed by atoms with Crippen LogP contribution >= 0.6 is 0 Å². The lowest BCUT2D eigenvalue weighted by atomic mass is 9.99. The third-order valence-corrected chi connectivity index (χ3v) is 6.06. The average Bonchev–Trinajstić information content (AvgIpc) is 2.90. The van der Waals surface area contributed by atoms with Gasteiger partial charge in [-0.1, -0.05) is 23.4 Å². The quantitative estimate of drug-likeness (QED) is 0.234. The molecule has 0 spiro atoms. The summed E-state index contributed by atoms with van der Waals surface area (Å²) < 4.78 is 52.2. The predicted octanol–water partition coefficient (Wildman–Crippen LogP) is -0.161. The van der Waals surface area contributed by atoms with E-state index in [2.05, 4.69) is 20.4 Å². The Bertz CT molecular complexity index is 1480. The fraction of sp³-hybridized carbons (Fsp3) is 0.375. The van der Waals surface area contributed by atoms with Crippen LogP contribution in [0.25, 0.3) is 10.9 Å². The highest BCUT2D eigenvalue weighted by molar-refractivity contribution is 5.83. The van der Waals surface area contributed by atoms with Crippen LogP contribution in [0.5, 0.6) is 11.5 Å². The van der Waals surface area contributed by atoms with Crippen molar-refractivity contribution in [3.63, 3.8) is 0 Å². The zero-order chi connectivity index (χ0) is 30.1. The van der Waals surface area contributed by atoms with Crippen molar-refractivity contribution in [3.8, 4) is 11.5 Å². The Morgan fingerprint density at radius 2 is 1.78 bits per heavy atom. The van der Waals surface area contributed by atoms with Gasteiger partial charge < -0.3 is 40.0 Å². The second-order valence-corrected chi connectivity index (χ2v) is 8.96. The molecule has 5 N–H and O–H groups in total. The Kier molecular flexibility index (Phi) is 8.43. The van der Waals surface area contributed by atoms with Crippen LogP contribution in [0.4, 0.5) is 13.2 Å². The van der Waals surface area contributed by atoms with E-state index in [0.717, 1.165) is 16.8 Å². The fourth-order valence-electron chi connectivity index (χ4n) is 4.01. The fourth-order valence-corrected chi connectivity index (χ4v) is 4.01. The molecule has 1 fully saturated rings. The van der Waals surface area contributed by atoms with E-state index < -0.39 is 72.8 Å². The van der Waals surface area contributed by atoms with Crippen molar-refractivity contribution in [2.75, 3.05) is 0 Å². The minimum Gasteiger partial charge on any atom is -0.479 e. The number of amides is 1. The van der Waals surface area contributed by atoms with Crippen molar-refractivity contribution in [1.82, 2.24) is 20.3 Å². The van der Waals surface area contributed by atoms with Gasteiger partial charge >= 0.3 is 12.3 Å². The molecular weight excluding hydrogens is 561 g/mol. The van der Waals surface area contributed by atoms with Crippen molar-refractivity contribution in [2.45, 2.75) is 56.6 Å². The molecule has 1 aliphatic rings. The lowest BCUT2D eigenvalue weighted by Crippen LogP contribution is -2.61. The SMILES string of the molecule is C[C@H](NC(=O)Cn1nnc2c(O[C@@H]3O[C@H](C(=O)O)[C@@H](O)[C@H](O)[C@H]3O)cccc2c1=O)c1ccc(OC(F)(F)F)cc1. The zero-order valence-electron chi connectivity index (χ0n) is 20.9. The topological polar surface area (TPSA) is 203 Å². The van der Waals surface area contributed by atoms with Gasteiger partial charge in [0.05, 0.1) is 11.4 Å². The highest BCUT2D eigenvalue weighted by atomic mass is 19.4. The molecule has 0 aliphatic carbocycles. The standard InChI is InChI=1S/C24H23F3N4O10/c1-10(11-5-7-12(8-6-11)41-24(25,26)27)28-15(32)9-31-21(36)13-3-2-4-14(16(13)29-30-31)39-23-19(35)17(33)18(34)20(40-23)22(37)38/h2-8,10,17-20,23,33-35H,9H2,1H3,(H,28,32)(H,37,38)/t10-,17-,18-,19+,20-,23+/m0/s1. The van der Waals surface area contributed by atoms with E-state index in [0.29, 0.717) is 5.56 Å². The monoisotopic (exact) mass is 584 g/mol. The third-order valence-electron chi connectivity index (χ3n) is 6.06. The van der Waals surface area contributed by atoms with Gasteiger partial charge in [0.2, 0.25) is 12.2 Å². The number of rotatable bonds is 8. The number of ether oxygens (including phenoxy) is 3. The molecule has 2 heterocycles. The summed E-state index contributed by atoms with van der Waals surface area (Å²) in [5.41, 5.74) is -0.436. The number of aliphatic carboxylic acids is 1. The smallest absolute Gasteiger partial charge is 0.479 e. The van der Waals surface area contributed by atoms with E-state index in [1.807, 2.05) is 0 Å². The Hall–Kier alpha value is -4.32. The summed E-state index contributed by atoms with van der Waals surface area (Å²) in [4.78, 5) is 36.9. The van der Waals surface area contributed by atoms with Gasteiger partial charge in [-0.3, -0.25) is 9.59 Å². The summed E-state index contributed by atoms with van der Waals surface area (Å²) in [7, 11) is 0. The third kappa shape index (κ3) is 6.71. The first-order valence-corrected chi connectivity index (χ1v) is 11.9. The molecule has 0 radical (unpaired) electrons. The van der Waals surface area contributed by atoms with E-state index in [9.17, 15) is 48.0 Å². The Balaban J connectivity index is 1.47. The minimum atomic E-state index is -4.84. The molecule has 1 amide bonds. The van der Waals surface area contributed by atoms with E-state index in [-0.39, 0.29) is 16.7 Å². The summed E-state index contributed by atoms with van der Waals surface area (Å²) in [6.07, 6.45) is -14.2. The molecule has 1 saturated heterocycles. The van der Waals surface area contributed by atoms with Crippen molar-refractivity contribution in [1.29, 1.82) is 0 Å². The molecule has 6 atom stereocenters. The highest BCUT2D eigenvalue weighted by Gasteiger charge is 2.48. The highest BCUT2D eigenvalue weighted by Crippen LogP contribution is 2.28. The molecule has 17 heteroatoms. The van der Waals surface area contributed by atoms with Crippen molar-refractivity contribution in [2.24, 2.45) is 0 Å². The normalized spacial score (nSPS) is 23.5. The van der Waals surface area contributed by atoms with Gasteiger partial charge in [-0.15, -0.1) is 18.3 Å². The van der Waals surface area contributed by atoms with Gasteiger partial charge in [-0.05, 0) is 36.8 Å². The zero-order valence-corrected chi connectivity index (χ0v) is 20.9. The largest absolute Gasteiger partial charge is 0.573 e. The Labute approximate surface area is 227 Å². The number of hydrogen-bond donors (Lipinski definition) is 5. The number of halogens is 3. The summed E-state index contributed by atoms with van der Waals surface area (Å²) >= 11 is 0.